The summed E-state index contributed by atoms with van der Waals surface area (Å²) in [7, 11) is 3.14. The zero-order valence-electron chi connectivity index (χ0n) is 16.1. The molecule has 29 heavy (non-hydrogen) atoms. The summed E-state index contributed by atoms with van der Waals surface area (Å²) in [4.78, 5) is 30.6. The second-order valence-electron chi connectivity index (χ2n) is 6.80. The fourth-order valence-corrected chi connectivity index (χ4v) is 3.72. The summed E-state index contributed by atoms with van der Waals surface area (Å²) in [5, 5.41) is 0.152. The maximum Gasteiger partial charge on any atom is 0.332 e. The Morgan fingerprint density at radius 3 is 2.69 bits per heavy atom. The van der Waals surface area contributed by atoms with E-state index in [1.54, 1.807) is 17.7 Å². The molecule has 0 aliphatic rings. The van der Waals surface area contributed by atoms with E-state index in [4.69, 9.17) is 16.3 Å². The van der Waals surface area contributed by atoms with Crippen molar-refractivity contribution in [3.05, 3.63) is 67.3 Å². The van der Waals surface area contributed by atoms with Gasteiger partial charge in [-0.3, -0.25) is 18.3 Å². The quantitative estimate of drug-likeness (QED) is 0.495. The van der Waals surface area contributed by atoms with Gasteiger partial charge in [-0.1, -0.05) is 17.7 Å². The number of hydrogen-bond acceptors (Lipinski definition) is 4. The highest BCUT2D eigenvalue weighted by Crippen LogP contribution is 2.20. The van der Waals surface area contributed by atoms with Gasteiger partial charge in [0.25, 0.3) is 5.56 Å². The predicted octanol–water partition coefficient (Wildman–Crippen LogP) is 1.95. The first-order valence-corrected chi connectivity index (χ1v) is 9.32. The minimum Gasteiger partial charge on any atom is -0.383 e. The third kappa shape index (κ3) is 2.97. The van der Waals surface area contributed by atoms with Crippen LogP contribution >= 0.6 is 11.6 Å². The smallest absolute Gasteiger partial charge is 0.332 e. The zero-order valence-corrected chi connectivity index (χ0v) is 16.9. The number of hydrogen-bond donors (Lipinski definition) is 0. The molecule has 0 amide bonds. The van der Waals surface area contributed by atoms with Crippen molar-refractivity contribution >= 4 is 28.5 Å². The maximum atomic E-state index is 14.2. The summed E-state index contributed by atoms with van der Waals surface area (Å²) in [5.41, 5.74) is 0.332. The fourth-order valence-electron chi connectivity index (χ4n) is 3.49. The average Bonchev–Trinajstić information content (AvgIpc) is 3.19. The van der Waals surface area contributed by atoms with Crippen LogP contribution in [0.15, 0.2) is 34.0 Å². The fraction of sp³-hybridized carbons (Fsp3) is 0.316. The van der Waals surface area contributed by atoms with E-state index < -0.39 is 17.1 Å². The summed E-state index contributed by atoms with van der Waals surface area (Å²) in [6, 6.07) is 4.23. The van der Waals surface area contributed by atoms with Crippen molar-refractivity contribution in [2.24, 2.45) is 7.05 Å². The van der Waals surface area contributed by atoms with E-state index in [1.165, 1.54) is 29.8 Å². The Kier molecular flexibility index (Phi) is 4.79. The van der Waals surface area contributed by atoms with E-state index in [0.29, 0.717) is 18.9 Å². The molecule has 0 unspecified atom stereocenters. The Bertz CT molecular complexity index is 1340. The number of ether oxygens (including phenoxy) is 1. The molecule has 3 aromatic heterocycles. The van der Waals surface area contributed by atoms with Gasteiger partial charge in [0.2, 0.25) is 5.78 Å². The Balaban J connectivity index is 1.99. The zero-order chi connectivity index (χ0) is 20.9. The number of aryl methyl sites for hydroxylation is 2. The molecule has 0 bridgehead atoms. The van der Waals surface area contributed by atoms with Crippen LogP contribution in [0, 0.1) is 12.7 Å². The molecule has 0 aliphatic heterocycles. The molecule has 0 atom stereocenters. The van der Waals surface area contributed by atoms with Crippen LogP contribution in [0.5, 0.6) is 0 Å². The molecule has 0 fully saturated rings. The molecule has 4 rings (SSSR count). The molecule has 0 spiro atoms. The number of methoxy groups -OCH3 is 1. The van der Waals surface area contributed by atoms with Crippen LogP contribution in [0.2, 0.25) is 5.02 Å². The predicted molar refractivity (Wildman–Crippen MR) is 107 cm³/mol. The van der Waals surface area contributed by atoms with Crippen LogP contribution in [0.1, 0.15) is 11.3 Å². The van der Waals surface area contributed by atoms with Crippen LogP contribution in [0.3, 0.4) is 0 Å². The maximum absolute atomic E-state index is 14.2. The summed E-state index contributed by atoms with van der Waals surface area (Å²) < 4.78 is 25.2. The van der Waals surface area contributed by atoms with Gasteiger partial charge in [-0.2, -0.15) is 4.98 Å². The van der Waals surface area contributed by atoms with E-state index in [0.717, 1.165) is 10.3 Å². The van der Waals surface area contributed by atoms with Gasteiger partial charge in [0, 0.05) is 43.2 Å². The average molecular weight is 420 g/mol. The highest BCUT2D eigenvalue weighted by atomic mass is 35.5. The third-order valence-corrected chi connectivity index (χ3v) is 5.39. The number of rotatable bonds is 5. The van der Waals surface area contributed by atoms with E-state index in [2.05, 4.69) is 4.98 Å². The Morgan fingerprint density at radius 2 is 2.00 bits per heavy atom. The standard InChI is InChI=1S/C19H19ClFN5O3/c1-11-9-25-15-16(22-18(25)24(11)7-8-29-3)23(2)19(28)26(17(15)27)10-12-13(20)5-4-6-14(12)21/h4-6,9H,7-8,10H2,1-3H3. The van der Waals surface area contributed by atoms with Crippen LogP contribution in [-0.2, 0) is 24.9 Å². The van der Waals surface area contributed by atoms with E-state index in [-0.39, 0.29) is 28.3 Å². The van der Waals surface area contributed by atoms with Crippen molar-refractivity contribution in [3.63, 3.8) is 0 Å². The summed E-state index contributed by atoms with van der Waals surface area (Å²) in [6.07, 6.45) is 1.78. The number of aromatic nitrogens is 5. The van der Waals surface area contributed by atoms with Crippen molar-refractivity contribution < 1.29 is 9.13 Å². The second kappa shape index (κ2) is 7.16. The lowest BCUT2D eigenvalue weighted by Crippen LogP contribution is -2.39. The van der Waals surface area contributed by atoms with Crippen molar-refractivity contribution in [1.29, 1.82) is 0 Å². The van der Waals surface area contributed by atoms with E-state index in [9.17, 15) is 14.0 Å². The van der Waals surface area contributed by atoms with Crippen LogP contribution < -0.4 is 11.2 Å². The van der Waals surface area contributed by atoms with Gasteiger partial charge in [0.15, 0.2) is 11.2 Å². The Morgan fingerprint density at radius 1 is 1.24 bits per heavy atom. The molecule has 152 valence electrons. The largest absolute Gasteiger partial charge is 0.383 e. The van der Waals surface area contributed by atoms with Gasteiger partial charge >= 0.3 is 5.69 Å². The summed E-state index contributed by atoms with van der Waals surface area (Å²) >= 11 is 6.09. The first kappa shape index (κ1) is 19.4. The molecule has 4 aromatic rings. The first-order valence-electron chi connectivity index (χ1n) is 8.94. The lowest BCUT2D eigenvalue weighted by atomic mass is 10.2. The van der Waals surface area contributed by atoms with Crippen molar-refractivity contribution in [2.45, 2.75) is 20.0 Å². The molecule has 0 saturated heterocycles. The van der Waals surface area contributed by atoms with Gasteiger partial charge < -0.3 is 9.30 Å². The first-order chi connectivity index (χ1) is 13.8. The molecule has 0 radical (unpaired) electrons. The number of imidazole rings is 2. The molecule has 8 nitrogen and oxygen atoms in total. The molecule has 0 N–H and O–H groups in total. The van der Waals surface area contributed by atoms with Gasteiger partial charge in [-0.15, -0.1) is 0 Å². The van der Waals surface area contributed by atoms with E-state index in [1.807, 2.05) is 11.5 Å². The topological polar surface area (TPSA) is 75.5 Å². The minimum absolute atomic E-state index is 0.0855. The molecule has 0 saturated carbocycles. The number of benzene rings is 1. The van der Waals surface area contributed by atoms with Gasteiger partial charge in [0.1, 0.15) is 5.82 Å². The molecule has 3 heterocycles. The van der Waals surface area contributed by atoms with Gasteiger partial charge in [0.05, 0.1) is 13.2 Å². The third-order valence-electron chi connectivity index (χ3n) is 5.04. The van der Waals surface area contributed by atoms with Crippen LogP contribution in [-0.4, -0.2) is 36.8 Å². The summed E-state index contributed by atoms with van der Waals surface area (Å²) in [5.74, 6) is -0.0464. The Labute approximate surface area is 169 Å². The minimum atomic E-state index is -0.595. The number of fused-ring (bicyclic) bond motifs is 3. The normalized spacial score (nSPS) is 11.8. The molecule has 1 aromatic carbocycles. The van der Waals surface area contributed by atoms with Crippen molar-refractivity contribution in [1.82, 2.24) is 23.1 Å². The lowest BCUT2D eigenvalue weighted by Gasteiger charge is -2.10. The van der Waals surface area contributed by atoms with Crippen LogP contribution in [0.4, 0.5) is 4.39 Å². The molecular formula is C19H19ClFN5O3. The van der Waals surface area contributed by atoms with Gasteiger partial charge in [-0.05, 0) is 19.1 Å². The molecule has 0 aliphatic carbocycles. The summed E-state index contributed by atoms with van der Waals surface area (Å²) in [6.45, 7) is 2.65. The van der Waals surface area contributed by atoms with Crippen molar-refractivity contribution in [2.75, 3.05) is 13.7 Å². The van der Waals surface area contributed by atoms with Gasteiger partial charge in [-0.25, -0.2) is 9.18 Å². The molecular weight excluding hydrogens is 401 g/mol. The monoisotopic (exact) mass is 419 g/mol. The van der Waals surface area contributed by atoms with Crippen LogP contribution in [0.25, 0.3) is 16.9 Å². The lowest BCUT2D eigenvalue weighted by molar-refractivity contribution is 0.187. The van der Waals surface area contributed by atoms with E-state index >= 15 is 0 Å². The second-order valence-corrected chi connectivity index (χ2v) is 7.21. The number of nitrogens with zero attached hydrogens (tertiary/aromatic N) is 5. The Hall–Kier alpha value is -2.91. The highest BCUT2D eigenvalue weighted by molar-refractivity contribution is 6.31. The number of halogens is 2. The SMILES string of the molecule is COCCn1c(C)cn2c3c(=O)n(Cc4c(F)cccc4Cl)c(=O)n(C)c3nc12. The highest BCUT2D eigenvalue weighted by Gasteiger charge is 2.21. The molecule has 10 heteroatoms. The van der Waals surface area contributed by atoms with Crippen molar-refractivity contribution in [3.8, 4) is 0 Å².